The molecule has 0 rings (SSSR count). The molecule has 0 unspecified atom stereocenters. The Hall–Kier alpha value is -0.920. The molecule has 8 heavy (non-hydrogen) atoms. The Labute approximate surface area is 49.7 Å². The van der Waals surface area contributed by atoms with E-state index in [4.69, 9.17) is 0 Å². The molecule has 0 fully saturated rings. The average Bonchev–Trinajstić information content (AvgIpc) is 1.83. The molecular formula is C6H10N2. The maximum absolute atomic E-state index is 3.85. The first-order valence-corrected chi connectivity index (χ1v) is 2.38. The van der Waals surface area contributed by atoms with Gasteiger partial charge in [0, 0.05) is 25.2 Å². The van der Waals surface area contributed by atoms with Gasteiger partial charge in [0.25, 0.3) is 0 Å². The molecule has 0 aliphatic rings. The van der Waals surface area contributed by atoms with Gasteiger partial charge < -0.3 is 0 Å². The molecule has 0 spiro atoms. The van der Waals surface area contributed by atoms with Crippen molar-refractivity contribution in [3.63, 3.8) is 0 Å². The van der Waals surface area contributed by atoms with Crippen LogP contribution in [-0.4, -0.2) is 19.0 Å². The molecule has 0 aromatic carbocycles. The minimum absolute atomic E-state index is 0.907. The van der Waals surface area contributed by atoms with Crippen LogP contribution >= 0.6 is 0 Å². The van der Waals surface area contributed by atoms with Crippen molar-refractivity contribution >= 4 is 11.9 Å². The summed E-state index contributed by atoms with van der Waals surface area (Å²) in [7, 11) is 1.73. The lowest BCUT2D eigenvalue weighted by Crippen LogP contribution is -1.89. The fourth-order valence-corrected chi connectivity index (χ4v) is 0.218. The summed E-state index contributed by atoms with van der Waals surface area (Å²) in [4.78, 5) is 7.60. The molecule has 2 heteroatoms. The van der Waals surface area contributed by atoms with Gasteiger partial charge in [-0.05, 0) is 6.92 Å². The highest BCUT2D eigenvalue weighted by Gasteiger charge is 1.74. The highest BCUT2D eigenvalue weighted by Crippen LogP contribution is 1.69. The van der Waals surface area contributed by atoms with Gasteiger partial charge in [0.2, 0.25) is 0 Å². The van der Waals surface area contributed by atoms with Crippen molar-refractivity contribution < 1.29 is 0 Å². The number of nitrogens with zero attached hydrogens (tertiary/aromatic N) is 2. The standard InChI is InChI=1S/C6H10N2/c1-4-8-5-6(2)7-3/h4-5H,1H2,2-3H3. The molecule has 0 bridgehead atoms. The highest BCUT2D eigenvalue weighted by atomic mass is 14.7. The first-order chi connectivity index (χ1) is 3.81. The Balaban J connectivity index is 3.69. The molecule has 0 aromatic rings. The van der Waals surface area contributed by atoms with Gasteiger partial charge in [-0.1, -0.05) is 6.58 Å². The zero-order valence-electron chi connectivity index (χ0n) is 5.26. The van der Waals surface area contributed by atoms with Crippen molar-refractivity contribution in [3.05, 3.63) is 12.8 Å². The second-order valence-electron chi connectivity index (χ2n) is 1.33. The number of hydrogen-bond donors (Lipinski definition) is 0. The summed E-state index contributed by atoms with van der Waals surface area (Å²) in [6, 6.07) is 0. The van der Waals surface area contributed by atoms with E-state index in [0.29, 0.717) is 0 Å². The monoisotopic (exact) mass is 110 g/mol. The molecule has 0 N–H and O–H groups in total. The maximum atomic E-state index is 3.85. The highest BCUT2D eigenvalue weighted by molar-refractivity contribution is 6.29. The molecule has 0 atom stereocenters. The molecule has 0 saturated carbocycles. The zero-order valence-corrected chi connectivity index (χ0v) is 5.26. The van der Waals surface area contributed by atoms with E-state index in [2.05, 4.69) is 16.6 Å². The SMILES string of the molecule is C=CN=CC(C)=NC. The van der Waals surface area contributed by atoms with Crippen molar-refractivity contribution in [2.75, 3.05) is 7.05 Å². The number of hydrogen-bond acceptors (Lipinski definition) is 2. The minimum atomic E-state index is 0.907. The summed E-state index contributed by atoms with van der Waals surface area (Å²) in [5.41, 5.74) is 0.907. The lowest BCUT2D eigenvalue weighted by molar-refractivity contribution is 1.44. The summed E-state index contributed by atoms with van der Waals surface area (Å²) in [5, 5.41) is 0. The Morgan fingerprint density at radius 3 is 2.62 bits per heavy atom. The molecule has 44 valence electrons. The van der Waals surface area contributed by atoms with E-state index in [-0.39, 0.29) is 0 Å². The van der Waals surface area contributed by atoms with Crippen LogP contribution in [0.15, 0.2) is 22.8 Å². The zero-order chi connectivity index (χ0) is 6.41. The minimum Gasteiger partial charge on any atom is -0.292 e. The Bertz CT molecular complexity index is 122. The first-order valence-electron chi connectivity index (χ1n) is 2.38. The molecular weight excluding hydrogens is 100 g/mol. The van der Waals surface area contributed by atoms with E-state index >= 15 is 0 Å². The van der Waals surface area contributed by atoms with Crippen LogP contribution in [0, 0.1) is 0 Å². The smallest absolute Gasteiger partial charge is 0.0496 e. The van der Waals surface area contributed by atoms with Crippen molar-refractivity contribution in [2.45, 2.75) is 6.92 Å². The van der Waals surface area contributed by atoms with E-state index in [1.165, 1.54) is 6.20 Å². The van der Waals surface area contributed by atoms with Crippen LogP contribution in [0.1, 0.15) is 6.92 Å². The van der Waals surface area contributed by atoms with E-state index in [1.54, 1.807) is 13.3 Å². The van der Waals surface area contributed by atoms with Gasteiger partial charge in [-0.2, -0.15) is 0 Å². The summed E-state index contributed by atoms with van der Waals surface area (Å²) >= 11 is 0. The van der Waals surface area contributed by atoms with Crippen molar-refractivity contribution in [1.29, 1.82) is 0 Å². The molecule has 0 amide bonds. The van der Waals surface area contributed by atoms with Crippen LogP contribution in [-0.2, 0) is 0 Å². The molecule has 2 nitrogen and oxygen atoms in total. The van der Waals surface area contributed by atoms with Gasteiger partial charge in [-0.25, -0.2) is 0 Å². The second-order valence-corrected chi connectivity index (χ2v) is 1.33. The third-order valence-electron chi connectivity index (χ3n) is 0.719. The molecule has 0 aromatic heterocycles. The molecule has 0 aliphatic heterocycles. The van der Waals surface area contributed by atoms with Crippen molar-refractivity contribution in [2.24, 2.45) is 9.98 Å². The summed E-state index contributed by atoms with van der Waals surface area (Å²) in [6.07, 6.45) is 3.14. The normalized spacial score (nSPS) is 12.5. The van der Waals surface area contributed by atoms with Crippen LogP contribution in [0.4, 0.5) is 0 Å². The first kappa shape index (κ1) is 7.08. The summed E-state index contributed by atoms with van der Waals surface area (Å²) in [5.74, 6) is 0. The summed E-state index contributed by atoms with van der Waals surface area (Å²) < 4.78 is 0. The second kappa shape index (κ2) is 4.24. The lowest BCUT2D eigenvalue weighted by Gasteiger charge is -1.80. The largest absolute Gasteiger partial charge is 0.292 e. The quantitative estimate of drug-likeness (QED) is 0.478. The summed E-state index contributed by atoms with van der Waals surface area (Å²) in [6.45, 7) is 5.30. The fraction of sp³-hybridized carbons (Fsp3) is 0.333. The molecule has 0 saturated heterocycles. The molecule has 0 aliphatic carbocycles. The Morgan fingerprint density at radius 2 is 2.25 bits per heavy atom. The third kappa shape index (κ3) is 3.28. The van der Waals surface area contributed by atoms with Crippen LogP contribution in [0.5, 0.6) is 0 Å². The Morgan fingerprint density at radius 1 is 1.62 bits per heavy atom. The van der Waals surface area contributed by atoms with Crippen molar-refractivity contribution in [3.8, 4) is 0 Å². The van der Waals surface area contributed by atoms with Crippen LogP contribution in [0.3, 0.4) is 0 Å². The van der Waals surface area contributed by atoms with Crippen LogP contribution in [0.2, 0.25) is 0 Å². The number of aliphatic imine (C=N–C) groups is 2. The van der Waals surface area contributed by atoms with Gasteiger partial charge >= 0.3 is 0 Å². The van der Waals surface area contributed by atoms with E-state index in [1.807, 2.05) is 6.92 Å². The average molecular weight is 110 g/mol. The lowest BCUT2D eigenvalue weighted by atomic mass is 10.5. The number of rotatable bonds is 2. The van der Waals surface area contributed by atoms with E-state index in [0.717, 1.165) is 5.71 Å². The predicted octanol–water partition coefficient (Wildman–Crippen LogP) is 1.29. The van der Waals surface area contributed by atoms with Crippen LogP contribution in [0.25, 0.3) is 0 Å². The molecule has 0 radical (unpaired) electrons. The predicted molar refractivity (Wildman–Crippen MR) is 37.7 cm³/mol. The fourth-order valence-electron chi connectivity index (χ4n) is 0.218. The van der Waals surface area contributed by atoms with Gasteiger partial charge in [-0.3, -0.25) is 9.98 Å². The van der Waals surface area contributed by atoms with Gasteiger partial charge in [0.15, 0.2) is 0 Å². The van der Waals surface area contributed by atoms with E-state index < -0.39 is 0 Å². The van der Waals surface area contributed by atoms with Gasteiger partial charge in [0.05, 0.1) is 0 Å². The van der Waals surface area contributed by atoms with Gasteiger partial charge in [-0.15, -0.1) is 0 Å². The maximum Gasteiger partial charge on any atom is 0.0496 e. The Kier molecular flexibility index (Phi) is 3.76. The topological polar surface area (TPSA) is 24.7 Å². The van der Waals surface area contributed by atoms with Crippen molar-refractivity contribution in [1.82, 2.24) is 0 Å². The van der Waals surface area contributed by atoms with Gasteiger partial charge in [0.1, 0.15) is 0 Å². The van der Waals surface area contributed by atoms with E-state index in [9.17, 15) is 0 Å². The van der Waals surface area contributed by atoms with Crippen LogP contribution < -0.4 is 0 Å². The third-order valence-corrected chi connectivity index (χ3v) is 0.719. The molecule has 0 heterocycles.